The minimum absolute atomic E-state index is 0.988. The molecule has 0 fully saturated rings. The van der Waals surface area contributed by atoms with Crippen molar-refractivity contribution in [3.8, 4) is 0 Å². The molecule has 72 valence electrons. The Bertz CT molecular complexity index is 264. The monoisotopic (exact) mass is 177 g/mol. The molecule has 0 spiro atoms. The summed E-state index contributed by atoms with van der Waals surface area (Å²) in [6.45, 7) is 11.7. The van der Waals surface area contributed by atoms with Crippen molar-refractivity contribution >= 4 is 12.4 Å². The van der Waals surface area contributed by atoms with Crippen LogP contribution in [0.1, 0.15) is 31.9 Å². The van der Waals surface area contributed by atoms with Crippen LogP contribution < -0.4 is 0 Å². The Labute approximate surface area is 81.5 Å². The number of aliphatic imine (C=N–C) groups is 1. The van der Waals surface area contributed by atoms with E-state index in [2.05, 4.69) is 37.7 Å². The smallest absolute Gasteiger partial charge is 0.0651 e. The molecule has 13 heavy (non-hydrogen) atoms. The standard InChI is InChI=1S/C10H13N.C2H6/c1-4-9-5-6-10(11-3)8(2)7-9;1-2/h5-7H,3-4H2,1-2H3;1-2H3. The van der Waals surface area contributed by atoms with Gasteiger partial charge in [-0.2, -0.15) is 0 Å². The van der Waals surface area contributed by atoms with E-state index in [0.29, 0.717) is 0 Å². The van der Waals surface area contributed by atoms with E-state index < -0.39 is 0 Å². The number of rotatable bonds is 2. The lowest BCUT2D eigenvalue weighted by molar-refractivity contribution is 1.13. The van der Waals surface area contributed by atoms with Gasteiger partial charge in [0.15, 0.2) is 0 Å². The molecule has 0 amide bonds. The van der Waals surface area contributed by atoms with Gasteiger partial charge in [0.05, 0.1) is 5.69 Å². The maximum Gasteiger partial charge on any atom is 0.0651 e. The number of hydrogen-bond acceptors (Lipinski definition) is 1. The van der Waals surface area contributed by atoms with Crippen LogP contribution in [0.5, 0.6) is 0 Å². The second-order valence-corrected chi connectivity index (χ2v) is 2.63. The summed E-state index contributed by atoms with van der Waals surface area (Å²) in [5.74, 6) is 0. The van der Waals surface area contributed by atoms with Crippen molar-refractivity contribution in [3.05, 3.63) is 29.3 Å². The van der Waals surface area contributed by atoms with E-state index in [1.54, 1.807) is 0 Å². The SMILES string of the molecule is C=Nc1ccc(CC)cc1C.CC. The van der Waals surface area contributed by atoms with Crippen LogP contribution in [0.2, 0.25) is 0 Å². The van der Waals surface area contributed by atoms with Crippen molar-refractivity contribution in [1.29, 1.82) is 0 Å². The molecule has 0 aliphatic rings. The van der Waals surface area contributed by atoms with Crippen molar-refractivity contribution in [2.75, 3.05) is 0 Å². The first-order chi connectivity index (χ1) is 6.27. The fourth-order valence-corrected chi connectivity index (χ4v) is 1.11. The Morgan fingerprint density at radius 3 is 2.31 bits per heavy atom. The molecule has 1 heteroatoms. The average Bonchev–Trinajstić information content (AvgIpc) is 2.20. The summed E-state index contributed by atoms with van der Waals surface area (Å²) < 4.78 is 0. The molecular formula is C12H19N. The first kappa shape index (κ1) is 11.9. The Balaban J connectivity index is 0.000000671. The summed E-state index contributed by atoms with van der Waals surface area (Å²) in [7, 11) is 0. The Kier molecular flexibility index (Phi) is 5.86. The summed E-state index contributed by atoms with van der Waals surface area (Å²) in [6.07, 6.45) is 1.08. The number of aryl methyl sites for hydroxylation is 2. The van der Waals surface area contributed by atoms with Crippen molar-refractivity contribution in [2.24, 2.45) is 4.99 Å². The van der Waals surface area contributed by atoms with Crippen LogP contribution in [-0.4, -0.2) is 6.72 Å². The zero-order valence-corrected chi connectivity index (χ0v) is 9.09. The summed E-state index contributed by atoms with van der Waals surface area (Å²) >= 11 is 0. The van der Waals surface area contributed by atoms with Gasteiger partial charge in [0, 0.05) is 0 Å². The second kappa shape index (κ2) is 6.41. The molecule has 0 aromatic heterocycles. The zero-order valence-electron chi connectivity index (χ0n) is 9.09. The maximum atomic E-state index is 3.90. The third-order valence-corrected chi connectivity index (χ3v) is 1.84. The van der Waals surface area contributed by atoms with Gasteiger partial charge in [0.1, 0.15) is 0 Å². The zero-order chi connectivity index (χ0) is 10.3. The third kappa shape index (κ3) is 3.41. The lowest BCUT2D eigenvalue weighted by Gasteiger charge is -2.01. The molecule has 0 atom stereocenters. The van der Waals surface area contributed by atoms with Crippen LogP contribution in [0.3, 0.4) is 0 Å². The number of nitrogens with zero attached hydrogens (tertiary/aromatic N) is 1. The molecule has 1 rings (SSSR count). The average molecular weight is 177 g/mol. The number of hydrogen-bond donors (Lipinski definition) is 0. The highest BCUT2D eigenvalue weighted by Gasteiger charge is 1.94. The van der Waals surface area contributed by atoms with Crippen LogP contribution in [0, 0.1) is 6.92 Å². The predicted octanol–water partition coefficient (Wildman–Crippen LogP) is 3.92. The van der Waals surface area contributed by atoms with Gasteiger partial charge in [-0.25, -0.2) is 0 Å². The minimum atomic E-state index is 0.988. The van der Waals surface area contributed by atoms with Crippen LogP contribution in [0.4, 0.5) is 5.69 Å². The van der Waals surface area contributed by atoms with Crippen molar-refractivity contribution < 1.29 is 0 Å². The van der Waals surface area contributed by atoms with Gasteiger partial charge in [-0.15, -0.1) is 0 Å². The molecule has 0 saturated carbocycles. The molecule has 1 nitrogen and oxygen atoms in total. The Morgan fingerprint density at radius 2 is 1.92 bits per heavy atom. The van der Waals surface area contributed by atoms with E-state index in [1.807, 2.05) is 19.9 Å². The van der Waals surface area contributed by atoms with Crippen molar-refractivity contribution in [2.45, 2.75) is 34.1 Å². The van der Waals surface area contributed by atoms with Gasteiger partial charge in [-0.1, -0.05) is 32.9 Å². The third-order valence-electron chi connectivity index (χ3n) is 1.84. The van der Waals surface area contributed by atoms with Gasteiger partial charge in [0.2, 0.25) is 0 Å². The molecule has 0 aliphatic carbocycles. The topological polar surface area (TPSA) is 12.4 Å². The Morgan fingerprint density at radius 1 is 1.31 bits per heavy atom. The summed E-state index contributed by atoms with van der Waals surface area (Å²) in [5, 5.41) is 0. The quantitative estimate of drug-likeness (QED) is 0.607. The fourth-order valence-electron chi connectivity index (χ4n) is 1.11. The van der Waals surface area contributed by atoms with E-state index >= 15 is 0 Å². The largest absolute Gasteiger partial charge is 0.264 e. The first-order valence-corrected chi connectivity index (χ1v) is 4.84. The molecular weight excluding hydrogens is 158 g/mol. The van der Waals surface area contributed by atoms with Gasteiger partial charge in [0.25, 0.3) is 0 Å². The highest BCUT2D eigenvalue weighted by molar-refractivity contribution is 5.52. The molecule has 1 aromatic carbocycles. The van der Waals surface area contributed by atoms with Gasteiger partial charge < -0.3 is 0 Å². The van der Waals surface area contributed by atoms with Crippen LogP contribution >= 0.6 is 0 Å². The first-order valence-electron chi connectivity index (χ1n) is 4.84. The van der Waals surface area contributed by atoms with Crippen LogP contribution in [-0.2, 0) is 6.42 Å². The normalized spacial score (nSPS) is 8.62. The van der Waals surface area contributed by atoms with E-state index in [0.717, 1.165) is 12.1 Å². The predicted molar refractivity (Wildman–Crippen MR) is 61.1 cm³/mol. The van der Waals surface area contributed by atoms with Crippen molar-refractivity contribution in [1.82, 2.24) is 0 Å². The summed E-state index contributed by atoms with van der Waals surface area (Å²) in [6, 6.07) is 6.27. The lowest BCUT2D eigenvalue weighted by Crippen LogP contribution is -1.81. The van der Waals surface area contributed by atoms with Crippen LogP contribution in [0.15, 0.2) is 23.2 Å². The Hall–Kier alpha value is -1.11. The van der Waals surface area contributed by atoms with E-state index in [-0.39, 0.29) is 0 Å². The van der Waals surface area contributed by atoms with Crippen molar-refractivity contribution in [3.63, 3.8) is 0 Å². The molecule has 0 radical (unpaired) electrons. The minimum Gasteiger partial charge on any atom is -0.264 e. The summed E-state index contributed by atoms with van der Waals surface area (Å²) in [5.41, 5.74) is 3.55. The molecule has 0 N–H and O–H groups in total. The second-order valence-electron chi connectivity index (χ2n) is 2.63. The lowest BCUT2D eigenvalue weighted by atomic mass is 10.1. The highest BCUT2D eigenvalue weighted by atomic mass is 14.7. The molecule has 1 aromatic rings. The van der Waals surface area contributed by atoms with Gasteiger partial charge in [-0.05, 0) is 37.3 Å². The fraction of sp³-hybridized carbons (Fsp3) is 0.417. The van der Waals surface area contributed by atoms with E-state index in [1.165, 1.54) is 11.1 Å². The van der Waals surface area contributed by atoms with E-state index in [9.17, 15) is 0 Å². The van der Waals surface area contributed by atoms with Gasteiger partial charge in [-0.3, -0.25) is 4.99 Å². The molecule has 0 heterocycles. The van der Waals surface area contributed by atoms with E-state index in [4.69, 9.17) is 0 Å². The molecule has 0 saturated heterocycles. The molecule has 0 unspecified atom stereocenters. The molecule has 0 bridgehead atoms. The summed E-state index contributed by atoms with van der Waals surface area (Å²) in [4.78, 5) is 3.90. The molecule has 0 aliphatic heterocycles. The number of benzene rings is 1. The maximum absolute atomic E-state index is 3.90. The van der Waals surface area contributed by atoms with Gasteiger partial charge >= 0.3 is 0 Å². The van der Waals surface area contributed by atoms with Crippen LogP contribution in [0.25, 0.3) is 0 Å². The highest BCUT2D eigenvalue weighted by Crippen LogP contribution is 2.18.